The van der Waals surface area contributed by atoms with E-state index in [0.717, 1.165) is 25.3 Å². The Hall–Kier alpha value is -2.05. The summed E-state index contributed by atoms with van der Waals surface area (Å²) in [4.78, 5) is 2.36. The Bertz CT molecular complexity index is 574. The summed E-state index contributed by atoms with van der Waals surface area (Å²) in [6.07, 6.45) is 2.02. The Morgan fingerprint density at radius 3 is 2.53 bits per heavy atom. The molecular formula is C16H19N3. The molecule has 2 rings (SSSR count). The number of nitrogens with zero attached hydrogens (tertiary/aromatic N) is 3. The van der Waals surface area contributed by atoms with Crippen molar-refractivity contribution in [2.75, 3.05) is 13.1 Å². The van der Waals surface area contributed by atoms with Crippen LogP contribution in [0.1, 0.15) is 25.1 Å². The smallest absolute Gasteiger partial charge is 0.101 e. The predicted octanol–water partition coefficient (Wildman–Crippen LogP) is 3.19. The lowest BCUT2D eigenvalue weighted by Crippen LogP contribution is -2.23. The van der Waals surface area contributed by atoms with Gasteiger partial charge in [-0.3, -0.25) is 4.90 Å². The molecule has 0 fully saturated rings. The third kappa shape index (κ3) is 2.86. The van der Waals surface area contributed by atoms with Gasteiger partial charge >= 0.3 is 0 Å². The molecule has 1 aromatic heterocycles. The quantitative estimate of drug-likeness (QED) is 0.819. The van der Waals surface area contributed by atoms with Crippen molar-refractivity contribution in [2.24, 2.45) is 0 Å². The predicted molar refractivity (Wildman–Crippen MR) is 77.1 cm³/mol. The van der Waals surface area contributed by atoms with Crippen molar-refractivity contribution in [1.29, 1.82) is 5.26 Å². The van der Waals surface area contributed by atoms with E-state index in [2.05, 4.69) is 35.5 Å². The van der Waals surface area contributed by atoms with Gasteiger partial charge in [0.05, 0.1) is 11.3 Å². The topological polar surface area (TPSA) is 32.0 Å². The van der Waals surface area contributed by atoms with Crippen LogP contribution in [0.3, 0.4) is 0 Å². The van der Waals surface area contributed by atoms with Gasteiger partial charge in [-0.05, 0) is 37.4 Å². The van der Waals surface area contributed by atoms with Crippen molar-refractivity contribution in [3.05, 3.63) is 53.9 Å². The van der Waals surface area contributed by atoms with E-state index in [1.807, 2.05) is 36.5 Å². The van der Waals surface area contributed by atoms with E-state index >= 15 is 0 Å². The van der Waals surface area contributed by atoms with E-state index in [9.17, 15) is 5.26 Å². The second-order valence-corrected chi connectivity index (χ2v) is 4.46. The summed E-state index contributed by atoms with van der Waals surface area (Å²) in [6, 6.07) is 14.1. The molecule has 19 heavy (non-hydrogen) atoms. The molecule has 1 heterocycles. The SMILES string of the molecule is CCN(CC)Cc1cccn1-c1ccccc1C#N. The van der Waals surface area contributed by atoms with Crippen molar-refractivity contribution in [1.82, 2.24) is 9.47 Å². The first-order chi connectivity index (χ1) is 9.30. The fraction of sp³-hybridized carbons (Fsp3) is 0.312. The molecule has 3 nitrogen and oxygen atoms in total. The van der Waals surface area contributed by atoms with Crippen LogP contribution in [0.5, 0.6) is 0 Å². The van der Waals surface area contributed by atoms with Gasteiger partial charge in [0.15, 0.2) is 0 Å². The third-order valence-corrected chi connectivity index (χ3v) is 3.40. The highest BCUT2D eigenvalue weighted by atomic mass is 15.1. The molecule has 1 aromatic carbocycles. The summed E-state index contributed by atoms with van der Waals surface area (Å²) in [5, 5.41) is 9.21. The molecular weight excluding hydrogens is 234 g/mol. The zero-order valence-corrected chi connectivity index (χ0v) is 11.5. The maximum atomic E-state index is 9.21. The summed E-state index contributed by atoms with van der Waals surface area (Å²) < 4.78 is 2.11. The molecule has 0 amide bonds. The number of hydrogen-bond acceptors (Lipinski definition) is 2. The number of hydrogen-bond donors (Lipinski definition) is 0. The summed E-state index contributed by atoms with van der Waals surface area (Å²) in [7, 11) is 0. The largest absolute Gasteiger partial charge is 0.318 e. The minimum atomic E-state index is 0.708. The van der Waals surface area contributed by atoms with E-state index in [1.165, 1.54) is 5.69 Å². The lowest BCUT2D eigenvalue weighted by molar-refractivity contribution is 0.290. The van der Waals surface area contributed by atoms with E-state index in [0.29, 0.717) is 5.56 Å². The molecule has 0 aliphatic rings. The van der Waals surface area contributed by atoms with Crippen LogP contribution in [0.4, 0.5) is 0 Å². The van der Waals surface area contributed by atoms with Crippen LogP contribution < -0.4 is 0 Å². The first kappa shape index (κ1) is 13.4. The molecule has 3 heteroatoms. The molecule has 0 N–H and O–H groups in total. The standard InChI is InChI=1S/C16H19N3/c1-3-18(4-2)13-15-9-7-11-19(15)16-10-6-5-8-14(16)12-17/h5-11H,3-4,13H2,1-2H3. The van der Waals surface area contributed by atoms with Gasteiger partial charge in [-0.2, -0.15) is 5.26 Å². The lowest BCUT2D eigenvalue weighted by atomic mass is 10.2. The van der Waals surface area contributed by atoms with Crippen LogP contribution in [-0.2, 0) is 6.54 Å². The van der Waals surface area contributed by atoms with Crippen molar-refractivity contribution in [2.45, 2.75) is 20.4 Å². The summed E-state index contributed by atoms with van der Waals surface area (Å²) >= 11 is 0. The van der Waals surface area contributed by atoms with Gasteiger partial charge in [-0.25, -0.2) is 0 Å². The zero-order valence-electron chi connectivity index (χ0n) is 11.5. The molecule has 0 atom stereocenters. The number of benzene rings is 1. The number of rotatable bonds is 5. The number of nitriles is 1. The normalized spacial score (nSPS) is 10.6. The monoisotopic (exact) mass is 253 g/mol. The molecule has 0 saturated carbocycles. The van der Waals surface area contributed by atoms with Gasteiger partial charge in [0.1, 0.15) is 6.07 Å². The van der Waals surface area contributed by atoms with Crippen LogP contribution in [-0.4, -0.2) is 22.6 Å². The molecule has 2 aromatic rings. The highest BCUT2D eigenvalue weighted by Crippen LogP contribution is 2.18. The van der Waals surface area contributed by atoms with Gasteiger partial charge in [-0.15, -0.1) is 0 Å². The number of aromatic nitrogens is 1. The Balaban J connectivity index is 2.37. The molecule has 0 bridgehead atoms. The van der Waals surface area contributed by atoms with Gasteiger partial charge in [0.2, 0.25) is 0 Å². The summed E-state index contributed by atoms with van der Waals surface area (Å²) in [5.74, 6) is 0. The second kappa shape index (κ2) is 6.21. The minimum Gasteiger partial charge on any atom is -0.318 e. The van der Waals surface area contributed by atoms with Crippen molar-refractivity contribution < 1.29 is 0 Å². The minimum absolute atomic E-state index is 0.708. The van der Waals surface area contributed by atoms with Gasteiger partial charge in [-0.1, -0.05) is 26.0 Å². The Kier molecular flexibility index (Phi) is 4.38. The Labute approximate surface area is 114 Å². The van der Waals surface area contributed by atoms with E-state index in [-0.39, 0.29) is 0 Å². The molecule has 0 spiro atoms. The summed E-state index contributed by atoms with van der Waals surface area (Å²) in [6.45, 7) is 7.29. The van der Waals surface area contributed by atoms with Crippen LogP contribution in [0.15, 0.2) is 42.6 Å². The van der Waals surface area contributed by atoms with Crippen LogP contribution in [0.2, 0.25) is 0 Å². The van der Waals surface area contributed by atoms with Crippen LogP contribution in [0, 0.1) is 11.3 Å². The van der Waals surface area contributed by atoms with E-state index in [1.54, 1.807) is 0 Å². The van der Waals surface area contributed by atoms with Gasteiger partial charge in [0.25, 0.3) is 0 Å². The molecule has 0 radical (unpaired) electrons. The van der Waals surface area contributed by atoms with Gasteiger partial charge < -0.3 is 4.57 Å². The van der Waals surface area contributed by atoms with Crippen molar-refractivity contribution >= 4 is 0 Å². The van der Waals surface area contributed by atoms with Crippen molar-refractivity contribution in [3.63, 3.8) is 0 Å². The zero-order chi connectivity index (χ0) is 13.7. The summed E-state index contributed by atoms with van der Waals surface area (Å²) in [5.41, 5.74) is 2.88. The first-order valence-electron chi connectivity index (χ1n) is 6.68. The highest BCUT2D eigenvalue weighted by Gasteiger charge is 2.09. The molecule has 0 aliphatic heterocycles. The van der Waals surface area contributed by atoms with Crippen molar-refractivity contribution in [3.8, 4) is 11.8 Å². The molecule has 0 unspecified atom stereocenters. The van der Waals surface area contributed by atoms with Crippen LogP contribution in [0.25, 0.3) is 5.69 Å². The highest BCUT2D eigenvalue weighted by molar-refractivity contribution is 5.49. The van der Waals surface area contributed by atoms with Crippen LogP contribution >= 0.6 is 0 Å². The van der Waals surface area contributed by atoms with Gasteiger partial charge in [0, 0.05) is 18.4 Å². The number of para-hydroxylation sites is 1. The second-order valence-electron chi connectivity index (χ2n) is 4.46. The fourth-order valence-electron chi connectivity index (χ4n) is 2.23. The molecule has 0 aliphatic carbocycles. The fourth-order valence-corrected chi connectivity index (χ4v) is 2.23. The Morgan fingerprint density at radius 2 is 1.84 bits per heavy atom. The maximum Gasteiger partial charge on any atom is 0.101 e. The van der Waals surface area contributed by atoms with E-state index in [4.69, 9.17) is 0 Å². The Morgan fingerprint density at radius 1 is 1.11 bits per heavy atom. The lowest BCUT2D eigenvalue weighted by Gasteiger charge is -2.19. The maximum absolute atomic E-state index is 9.21. The third-order valence-electron chi connectivity index (χ3n) is 3.40. The average Bonchev–Trinajstić information content (AvgIpc) is 2.92. The first-order valence-corrected chi connectivity index (χ1v) is 6.68. The van der Waals surface area contributed by atoms with E-state index < -0.39 is 0 Å². The average molecular weight is 253 g/mol. The molecule has 0 saturated heterocycles. The molecule has 98 valence electrons.